The highest BCUT2D eigenvalue weighted by atomic mass is 19.4. The zero-order chi connectivity index (χ0) is 17.4. The summed E-state index contributed by atoms with van der Waals surface area (Å²) in [6, 6.07) is 5.50. The smallest absolute Gasteiger partial charge is 0.389 e. The Bertz CT molecular complexity index is 564. The summed E-state index contributed by atoms with van der Waals surface area (Å²) in [5, 5.41) is 10.9. The molecule has 24 heavy (non-hydrogen) atoms. The van der Waals surface area contributed by atoms with Crippen LogP contribution in [0.3, 0.4) is 0 Å². The van der Waals surface area contributed by atoms with Gasteiger partial charge in [0, 0.05) is 38.6 Å². The van der Waals surface area contributed by atoms with E-state index in [-0.39, 0.29) is 5.92 Å². The van der Waals surface area contributed by atoms with Crippen LogP contribution in [0.5, 0.6) is 0 Å². The van der Waals surface area contributed by atoms with Crippen LogP contribution in [-0.4, -0.2) is 60.3 Å². The highest BCUT2D eigenvalue weighted by molar-refractivity contribution is 5.31. The number of halogens is 3. The molecule has 1 aromatic carbocycles. The van der Waals surface area contributed by atoms with Crippen LogP contribution < -0.4 is 0 Å². The lowest BCUT2D eigenvalue weighted by Crippen LogP contribution is -2.51. The molecule has 1 saturated heterocycles. The normalized spacial score (nSPS) is 23.7. The number of benzene rings is 1. The van der Waals surface area contributed by atoms with Crippen molar-refractivity contribution in [3.8, 4) is 0 Å². The van der Waals surface area contributed by atoms with Crippen LogP contribution in [0.4, 0.5) is 13.2 Å². The van der Waals surface area contributed by atoms with Gasteiger partial charge in [-0.3, -0.25) is 0 Å². The first kappa shape index (κ1) is 17.7. The van der Waals surface area contributed by atoms with Gasteiger partial charge in [-0.25, -0.2) is 0 Å². The highest BCUT2D eigenvalue weighted by Gasteiger charge is 2.44. The van der Waals surface area contributed by atoms with Crippen molar-refractivity contribution in [2.24, 2.45) is 0 Å². The lowest BCUT2D eigenvalue weighted by atomic mass is 9.68. The Labute approximate surface area is 141 Å². The number of hydrogen-bond acceptors (Lipinski definition) is 3. The molecule has 1 aliphatic carbocycles. The number of aliphatic hydroxyl groups is 1. The third-order valence-corrected chi connectivity index (χ3v) is 5.52. The molecular weight excluding hydrogens is 317 g/mol. The van der Waals surface area contributed by atoms with Gasteiger partial charge in [0.2, 0.25) is 0 Å². The van der Waals surface area contributed by atoms with Crippen molar-refractivity contribution < 1.29 is 18.3 Å². The fourth-order valence-electron chi connectivity index (χ4n) is 3.69. The molecule has 1 aromatic rings. The van der Waals surface area contributed by atoms with E-state index >= 15 is 0 Å². The van der Waals surface area contributed by atoms with Crippen molar-refractivity contribution in [1.82, 2.24) is 9.80 Å². The van der Waals surface area contributed by atoms with Gasteiger partial charge >= 0.3 is 6.18 Å². The van der Waals surface area contributed by atoms with Gasteiger partial charge in [-0.05, 0) is 37.9 Å². The fourth-order valence-corrected chi connectivity index (χ4v) is 3.69. The van der Waals surface area contributed by atoms with E-state index in [1.807, 2.05) is 0 Å². The molecular formula is C18H25F3N2O. The zero-order valence-corrected chi connectivity index (χ0v) is 14.0. The van der Waals surface area contributed by atoms with Gasteiger partial charge in [-0.15, -0.1) is 0 Å². The van der Waals surface area contributed by atoms with E-state index in [0.717, 1.165) is 38.7 Å². The van der Waals surface area contributed by atoms with Gasteiger partial charge in [0.05, 0.1) is 11.2 Å². The van der Waals surface area contributed by atoms with Crippen LogP contribution >= 0.6 is 0 Å². The van der Waals surface area contributed by atoms with Crippen LogP contribution in [0.2, 0.25) is 0 Å². The van der Waals surface area contributed by atoms with Crippen LogP contribution in [-0.2, 0) is 6.18 Å². The first-order chi connectivity index (χ1) is 11.3. The van der Waals surface area contributed by atoms with Gasteiger partial charge < -0.3 is 14.9 Å². The molecule has 3 rings (SSSR count). The van der Waals surface area contributed by atoms with Crippen molar-refractivity contribution >= 4 is 0 Å². The molecule has 0 radical (unpaired) electrons. The summed E-state index contributed by atoms with van der Waals surface area (Å²) >= 11 is 0. The maximum absolute atomic E-state index is 13.0. The lowest BCUT2D eigenvalue weighted by molar-refractivity contribution is -0.137. The summed E-state index contributed by atoms with van der Waals surface area (Å²) in [5.74, 6) is -0.267. The molecule has 0 amide bonds. The molecule has 0 aromatic heterocycles. The molecule has 2 fully saturated rings. The van der Waals surface area contributed by atoms with Crippen LogP contribution in [0.25, 0.3) is 0 Å². The van der Waals surface area contributed by atoms with Gasteiger partial charge in [0.15, 0.2) is 0 Å². The zero-order valence-electron chi connectivity index (χ0n) is 14.0. The Morgan fingerprint density at radius 3 is 2.38 bits per heavy atom. The summed E-state index contributed by atoms with van der Waals surface area (Å²) in [6.45, 7) is 4.30. The summed E-state index contributed by atoms with van der Waals surface area (Å²) in [6.07, 6.45) is -2.07. The Morgan fingerprint density at radius 2 is 1.83 bits per heavy atom. The Morgan fingerprint density at radius 1 is 1.17 bits per heavy atom. The molecule has 6 heteroatoms. The van der Waals surface area contributed by atoms with Crippen molar-refractivity contribution in [2.45, 2.75) is 37.0 Å². The molecule has 0 bridgehead atoms. The van der Waals surface area contributed by atoms with Crippen molar-refractivity contribution in [3.63, 3.8) is 0 Å². The molecule has 3 nitrogen and oxygen atoms in total. The largest absolute Gasteiger partial charge is 0.416 e. The standard InChI is InChI=1S/C18H25F3N2O/c1-22-8-10-23(11-9-22)13-16(17(24)6-3-7-17)14-4-2-5-15(12-14)18(19,20)21/h2,4-5,12,16,24H,3,6-11,13H2,1H3. The monoisotopic (exact) mass is 342 g/mol. The number of piperazine rings is 1. The van der Waals surface area contributed by atoms with E-state index in [4.69, 9.17) is 0 Å². The molecule has 1 heterocycles. The number of likely N-dealkylation sites (N-methyl/N-ethyl adjacent to an activating group) is 1. The fraction of sp³-hybridized carbons (Fsp3) is 0.667. The molecule has 1 saturated carbocycles. The first-order valence-corrected chi connectivity index (χ1v) is 8.58. The third kappa shape index (κ3) is 3.76. The predicted molar refractivity (Wildman–Crippen MR) is 86.9 cm³/mol. The van der Waals surface area contributed by atoms with Crippen molar-refractivity contribution in [2.75, 3.05) is 39.8 Å². The average molecular weight is 342 g/mol. The summed E-state index contributed by atoms with van der Waals surface area (Å²) in [5.41, 5.74) is -0.898. The summed E-state index contributed by atoms with van der Waals surface area (Å²) < 4.78 is 39.1. The molecule has 1 N–H and O–H groups in total. The number of alkyl halides is 3. The number of rotatable bonds is 4. The topological polar surface area (TPSA) is 26.7 Å². The lowest BCUT2D eigenvalue weighted by Gasteiger charge is -2.46. The molecule has 1 aliphatic heterocycles. The first-order valence-electron chi connectivity index (χ1n) is 8.58. The van der Waals surface area contributed by atoms with Gasteiger partial charge in [-0.2, -0.15) is 13.2 Å². The summed E-state index contributed by atoms with van der Waals surface area (Å²) in [7, 11) is 2.07. The van der Waals surface area contributed by atoms with Gasteiger partial charge in [-0.1, -0.05) is 18.2 Å². The Kier molecular flexibility index (Phi) is 4.91. The molecule has 0 spiro atoms. The SMILES string of the molecule is CN1CCN(CC(c2cccc(C(F)(F)F)c2)C2(O)CCC2)CC1. The minimum atomic E-state index is -4.35. The van der Waals surface area contributed by atoms with E-state index < -0.39 is 17.3 Å². The van der Waals surface area contributed by atoms with Gasteiger partial charge in [0.25, 0.3) is 0 Å². The number of nitrogens with zero attached hydrogens (tertiary/aromatic N) is 2. The second-order valence-corrected chi connectivity index (χ2v) is 7.24. The van der Waals surface area contributed by atoms with Crippen LogP contribution in [0.1, 0.15) is 36.3 Å². The van der Waals surface area contributed by atoms with E-state index in [0.29, 0.717) is 24.9 Å². The van der Waals surface area contributed by atoms with Crippen molar-refractivity contribution in [1.29, 1.82) is 0 Å². The average Bonchev–Trinajstić information content (AvgIpc) is 2.51. The van der Waals surface area contributed by atoms with E-state index in [2.05, 4.69) is 16.8 Å². The molecule has 2 aliphatic rings. The van der Waals surface area contributed by atoms with E-state index in [9.17, 15) is 18.3 Å². The Hall–Kier alpha value is -1.11. The maximum Gasteiger partial charge on any atom is 0.416 e. The second kappa shape index (κ2) is 6.65. The van der Waals surface area contributed by atoms with E-state index in [1.54, 1.807) is 6.07 Å². The number of hydrogen-bond donors (Lipinski definition) is 1. The third-order valence-electron chi connectivity index (χ3n) is 5.52. The van der Waals surface area contributed by atoms with Gasteiger partial charge in [0.1, 0.15) is 0 Å². The van der Waals surface area contributed by atoms with Crippen LogP contribution in [0, 0.1) is 0 Å². The molecule has 134 valence electrons. The van der Waals surface area contributed by atoms with E-state index in [1.165, 1.54) is 12.1 Å². The van der Waals surface area contributed by atoms with Crippen LogP contribution in [0.15, 0.2) is 24.3 Å². The minimum absolute atomic E-state index is 0.267. The summed E-state index contributed by atoms with van der Waals surface area (Å²) in [4.78, 5) is 4.51. The molecule has 1 unspecified atom stereocenters. The predicted octanol–water partition coefficient (Wildman–Crippen LogP) is 2.95. The Balaban J connectivity index is 1.83. The molecule has 1 atom stereocenters. The van der Waals surface area contributed by atoms with Crippen molar-refractivity contribution in [3.05, 3.63) is 35.4 Å². The second-order valence-electron chi connectivity index (χ2n) is 7.24. The highest BCUT2D eigenvalue weighted by Crippen LogP contribution is 2.44. The quantitative estimate of drug-likeness (QED) is 0.911. The minimum Gasteiger partial charge on any atom is -0.389 e. The maximum atomic E-state index is 13.0.